The van der Waals surface area contributed by atoms with Crippen LogP contribution in [-0.2, 0) is 14.4 Å². The lowest BCUT2D eigenvalue weighted by atomic mass is 10.1. The normalized spacial score (nSPS) is 22.3. The molecular weight excluding hydrogens is 246 g/mol. The number of carboxylic acids is 1. The smallest absolute Gasteiger partial charge is 0.353 e. The fourth-order valence-corrected chi connectivity index (χ4v) is 3.04. The van der Waals surface area contributed by atoms with E-state index in [1.807, 2.05) is 0 Å². The highest BCUT2D eigenvalue weighted by Crippen LogP contribution is 2.45. The Hall–Kier alpha value is -1.54. The molecule has 1 atom stereocenters. The Morgan fingerprint density at radius 3 is 2.82 bits per heavy atom. The zero-order valence-corrected chi connectivity index (χ0v) is 9.84. The van der Waals surface area contributed by atoms with Gasteiger partial charge in [0.25, 0.3) is 0 Å². The number of aliphatic carboxylic acids is 1. The van der Waals surface area contributed by atoms with Gasteiger partial charge in [-0.1, -0.05) is 0 Å². The number of rotatable bonds is 4. The first kappa shape index (κ1) is 11.9. The molecule has 0 saturated carbocycles. The van der Waals surface area contributed by atoms with Crippen LogP contribution in [-0.4, -0.2) is 39.7 Å². The number of hydrogen-bond acceptors (Lipinski definition) is 5. The molecular formula is C9H11N3O4S. The SMILES string of the molecule is CC(=O)NNCC1=C(C(=O)O)N2C(=O)C[C@H]2S1. The maximum absolute atomic E-state index is 11.3. The van der Waals surface area contributed by atoms with E-state index in [0.717, 1.165) is 0 Å². The molecule has 1 saturated heterocycles. The van der Waals surface area contributed by atoms with Crippen molar-refractivity contribution in [1.29, 1.82) is 0 Å². The van der Waals surface area contributed by atoms with Crippen LogP contribution >= 0.6 is 11.8 Å². The molecule has 0 aromatic rings. The number of carboxylic acid groups (broad SMARTS) is 1. The summed E-state index contributed by atoms with van der Waals surface area (Å²) in [4.78, 5) is 34.8. The average molecular weight is 257 g/mol. The minimum Gasteiger partial charge on any atom is -0.477 e. The Bertz CT molecular complexity index is 434. The number of thioether (sulfide) groups is 1. The molecule has 3 N–H and O–H groups in total. The van der Waals surface area contributed by atoms with Gasteiger partial charge in [0.05, 0.1) is 11.8 Å². The molecule has 2 heterocycles. The summed E-state index contributed by atoms with van der Waals surface area (Å²) < 4.78 is 0. The van der Waals surface area contributed by atoms with E-state index in [-0.39, 0.29) is 29.4 Å². The highest BCUT2D eigenvalue weighted by Gasteiger charge is 2.48. The van der Waals surface area contributed by atoms with Crippen molar-refractivity contribution in [3.05, 3.63) is 10.6 Å². The Kier molecular flexibility index (Phi) is 3.07. The lowest BCUT2D eigenvalue weighted by molar-refractivity contribution is -0.145. The Morgan fingerprint density at radius 2 is 2.29 bits per heavy atom. The molecule has 0 spiro atoms. The number of hydrazine groups is 1. The molecule has 17 heavy (non-hydrogen) atoms. The van der Waals surface area contributed by atoms with Gasteiger partial charge in [-0.3, -0.25) is 19.9 Å². The molecule has 2 aliphatic heterocycles. The third kappa shape index (κ3) is 2.13. The Morgan fingerprint density at radius 1 is 1.59 bits per heavy atom. The molecule has 7 nitrogen and oxygen atoms in total. The number of fused-ring (bicyclic) bond motifs is 1. The lowest BCUT2D eigenvalue weighted by Gasteiger charge is -2.33. The van der Waals surface area contributed by atoms with E-state index in [9.17, 15) is 14.4 Å². The van der Waals surface area contributed by atoms with Crippen LogP contribution in [0.2, 0.25) is 0 Å². The minimum atomic E-state index is -1.12. The zero-order valence-electron chi connectivity index (χ0n) is 9.02. The molecule has 0 aliphatic carbocycles. The van der Waals surface area contributed by atoms with Crippen molar-refractivity contribution in [3.63, 3.8) is 0 Å². The summed E-state index contributed by atoms with van der Waals surface area (Å²) in [6.07, 6.45) is 0.366. The van der Waals surface area contributed by atoms with Crippen molar-refractivity contribution in [2.24, 2.45) is 0 Å². The van der Waals surface area contributed by atoms with Gasteiger partial charge in [-0.2, -0.15) is 0 Å². The van der Waals surface area contributed by atoms with Crippen molar-refractivity contribution < 1.29 is 19.5 Å². The number of carbonyl (C=O) groups excluding carboxylic acids is 2. The van der Waals surface area contributed by atoms with Crippen molar-refractivity contribution in [2.45, 2.75) is 18.7 Å². The van der Waals surface area contributed by atoms with Crippen LogP contribution in [0.25, 0.3) is 0 Å². The van der Waals surface area contributed by atoms with Crippen LogP contribution in [0.15, 0.2) is 10.6 Å². The molecule has 2 amide bonds. The molecule has 0 aromatic heterocycles. The minimum absolute atomic E-state index is 0.0223. The maximum Gasteiger partial charge on any atom is 0.353 e. The fraction of sp³-hybridized carbons (Fsp3) is 0.444. The third-order valence-electron chi connectivity index (χ3n) is 2.41. The monoisotopic (exact) mass is 257 g/mol. The van der Waals surface area contributed by atoms with Crippen LogP contribution in [0.3, 0.4) is 0 Å². The quantitative estimate of drug-likeness (QED) is 0.452. The summed E-state index contributed by atoms with van der Waals surface area (Å²) in [5, 5.41) is 8.96. The second-order valence-corrected chi connectivity index (χ2v) is 4.92. The number of hydrogen-bond donors (Lipinski definition) is 3. The molecule has 0 unspecified atom stereocenters. The molecule has 0 bridgehead atoms. The van der Waals surface area contributed by atoms with Crippen molar-refractivity contribution in [1.82, 2.24) is 15.8 Å². The summed E-state index contributed by atoms with van der Waals surface area (Å²) in [5.74, 6) is -1.55. The number of nitrogens with zero attached hydrogens (tertiary/aromatic N) is 1. The van der Waals surface area contributed by atoms with Crippen molar-refractivity contribution >= 4 is 29.5 Å². The zero-order chi connectivity index (χ0) is 12.6. The van der Waals surface area contributed by atoms with E-state index < -0.39 is 5.97 Å². The molecule has 0 aromatic carbocycles. The highest BCUT2D eigenvalue weighted by molar-refractivity contribution is 8.04. The van der Waals surface area contributed by atoms with Crippen molar-refractivity contribution in [2.75, 3.05) is 6.54 Å². The maximum atomic E-state index is 11.3. The first-order valence-corrected chi connectivity index (χ1v) is 5.83. The van der Waals surface area contributed by atoms with Gasteiger partial charge in [0.1, 0.15) is 5.70 Å². The average Bonchev–Trinajstić information content (AvgIpc) is 2.50. The topological polar surface area (TPSA) is 98.7 Å². The van der Waals surface area contributed by atoms with Gasteiger partial charge in [0.15, 0.2) is 0 Å². The lowest BCUT2D eigenvalue weighted by Crippen LogP contribution is -2.48. The van der Waals surface area contributed by atoms with Crippen LogP contribution in [0.1, 0.15) is 13.3 Å². The van der Waals surface area contributed by atoms with Crippen LogP contribution < -0.4 is 10.9 Å². The van der Waals surface area contributed by atoms with Gasteiger partial charge in [-0.15, -0.1) is 11.8 Å². The predicted octanol–water partition coefficient (Wildman–Crippen LogP) is -0.771. The summed E-state index contributed by atoms with van der Waals surface area (Å²) in [5.41, 5.74) is 5.00. The van der Waals surface area contributed by atoms with Crippen LogP contribution in [0.4, 0.5) is 0 Å². The van der Waals surface area contributed by atoms with Gasteiger partial charge in [0.2, 0.25) is 11.8 Å². The van der Waals surface area contributed by atoms with Gasteiger partial charge in [0, 0.05) is 18.4 Å². The van der Waals surface area contributed by atoms with E-state index in [0.29, 0.717) is 11.3 Å². The molecule has 1 fully saturated rings. The molecule has 2 rings (SSSR count). The van der Waals surface area contributed by atoms with Crippen molar-refractivity contribution in [3.8, 4) is 0 Å². The summed E-state index contributed by atoms with van der Waals surface area (Å²) in [6.45, 7) is 1.55. The summed E-state index contributed by atoms with van der Waals surface area (Å²) in [7, 11) is 0. The standard InChI is InChI=1S/C9H11N3O4S/c1-4(13)11-10-3-5-8(9(15)16)12-6(14)2-7(12)17-5/h7,10H,2-3H2,1H3,(H,11,13)(H,15,16)/t7-/m1/s1. The second kappa shape index (κ2) is 4.38. The Balaban J connectivity index is 2.07. The molecule has 0 radical (unpaired) electrons. The largest absolute Gasteiger partial charge is 0.477 e. The number of nitrogens with one attached hydrogen (secondary N) is 2. The van der Waals surface area contributed by atoms with E-state index in [1.54, 1.807) is 0 Å². The number of β-lactam (4-membered cyclic amide) rings is 1. The van der Waals surface area contributed by atoms with E-state index in [4.69, 9.17) is 5.11 Å². The van der Waals surface area contributed by atoms with Crippen LogP contribution in [0, 0.1) is 0 Å². The third-order valence-corrected chi connectivity index (χ3v) is 3.68. The van der Waals surface area contributed by atoms with Gasteiger partial charge < -0.3 is 5.11 Å². The van der Waals surface area contributed by atoms with E-state index in [1.165, 1.54) is 23.6 Å². The summed E-state index contributed by atoms with van der Waals surface area (Å²) >= 11 is 1.34. The summed E-state index contributed by atoms with van der Waals surface area (Å²) in [6, 6.07) is 0. The number of carbonyl (C=O) groups is 3. The van der Waals surface area contributed by atoms with Gasteiger partial charge in [-0.05, 0) is 0 Å². The fourth-order valence-electron chi connectivity index (χ4n) is 1.70. The molecule has 92 valence electrons. The highest BCUT2D eigenvalue weighted by atomic mass is 32.2. The second-order valence-electron chi connectivity index (χ2n) is 3.65. The Labute approximate surface area is 101 Å². The van der Waals surface area contributed by atoms with E-state index in [2.05, 4.69) is 10.9 Å². The van der Waals surface area contributed by atoms with Gasteiger partial charge in [-0.25, -0.2) is 10.2 Å². The van der Waals surface area contributed by atoms with Crippen LogP contribution in [0.5, 0.6) is 0 Å². The predicted molar refractivity (Wildman–Crippen MR) is 59.3 cm³/mol. The molecule has 8 heteroatoms. The number of amides is 2. The van der Waals surface area contributed by atoms with E-state index >= 15 is 0 Å². The first-order chi connectivity index (χ1) is 8.00. The first-order valence-electron chi connectivity index (χ1n) is 4.95. The molecule has 2 aliphatic rings. The van der Waals surface area contributed by atoms with Gasteiger partial charge >= 0.3 is 5.97 Å².